The van der Waals surface area contributed by atoms with Crippen molar-refractivity contribution in [3.63, 3.8) is 0 Å². The zero-order valence-electron chi connectivity index (χ0n) is 14.6. The van der Waals surface area contributed by atoms with Gasteiger partial charge in [0.1, 0.15) is 11.6 Å². The number of carboxylic acid groups (broad SMARTS) is 1. The first-order valence-corrected chi connectivity index (χ1v) is 8.40. The Balaban J connectivity index is 1.94. The lowest BCUT2D eigenvalue weighted by molar-refractivity contribution is -0.110. The van der Waals surface area contributed by atoms with E-state index in [4.69, 9.17) is 0 Å². The third-order valence-corrected chi connectivity index (χ3v) is 4.55. The number of amides is 1. The number of H-pyrrole nitrogens is 1. The average Bonchev–Trinajstić information content (AvgIpc) is 3.15. The van der Waals surface area contributed by atoms with Crippen LogP contribution in [0.1, 0.15) is 27.3 Å². The lowest BCUT2D eigenvalue weighted by atomic mass is 9.94. The molecule has 0 aliphatic carbocycles. The molecule has 5 nitrogen and oxygen atoms in total. The number of rotatable bonds is 3. The highest BCUT2D eigenvalue weighted by Gasteiger charge is 2.29. The van der Waals surface area contributed by atoms with E-state index in [1.165, 1.54) is 18.2 Å². The summed E-state index contributed by atoms with van der Waals surface area (Å²) >= 11 is 0. The fraction of sp³-hybridized carbons (Fsp3) is 0.0476. The van der Waals surface area contributed by atoms with Gasteiger partial charge in [0.15, 0.2) is 0 Å². The van der Waals surface area contributed by atoms with Gasteiger partial charge in [0.05, 0.1) is 16.8 Å². The third-order valence-electron chi connectivity index (χ3n) is 4.55. The van der Waals surface area contributed by atoms with Crippen molar-refractivity contribution >= 4 is 29.2 Å². The molecule has 0 atom stereocenters. The Bertz CT molecular complexity index is 1180. The maximum Gasteiger partial charge on any atom is 0.337 e. The molecule has 3 N–H and O–H groups in total. The van der Waals surface area contributed by atoms with Crippen LogP contribution in [-0.4, -0.2) is 22.0 Å². The van der Waals surface area contributed by atoms with Crippen LogP contribution in [0.2, 0.25) is 0 Å². The molecule has 4 rings (SSSR count). The van der Waals surface area contributed by atoms with Crippen molar-refractivity contribution in [2.45, 2.75) is 6.92 Å². The molecule has 0 bridgehead atoms. The molecular formula is C21H14F2N2O3. The Morgan fingerprint density at radius 3 is 2.61 bits per heavy atom. The highest BCUT2D eigenvalue weighted by Crippen LogP contribution is 2.41. The standard InChI is InChI=1S/C21H14F2N2O3/c1-10-7-14(21(27)28)18(24-10)9-15-19-13(3-2-4-17(19)25-20(15)26)12-6-5-11(22)8-16(12)23/h2-9,24H,1H3,(H,25,26)(H,27,28)/b15-9-. The number of halogens is 2. The molecule has 0 unspecified atom stereocenters. The second kappa shape index (κ2) is 6.45. The molecule has 0 fully saturated rings. The summed E-state index contributed by atoms with van der Waals surface area (Å²) in [6.07, 6.45) is 1.43. The molecular weight excluding hydrogens is 366 g/mol. The SMILES string of the molecule is Cc1cc(C(=O)O)c(/C=C2\C(=O)Nc3cccc(-c4ccc(F)cc4F)c32)[nH]1. The Morgan fingerprint density at radius 1 is 1.11 bits per heavy atom. The first kappa shape index (κ1) is 17.7. The number of benzene rings is 2. The van der Waals surface area contributed by atoms with Crippen LogP contribution < -0.4 is 5.32 Å². The highest BCUT2D eigenvalue weighted by molar-refractivity contribution is 6.36. The zero-order valence-corrected chi connectivity index (χ0v) is 14.6. The van der Waals surface area contributed by atoms with Crippen LogP contribution in [0.5, 0.6) is 0 Å². The monoisotopic (exact) mass is 380 g/mol. The van der Waals surface area contributed by atoms with Crippen molar-refractivity contribution in [1.29, 1.82) is 0 Å². The maximum atomic E-state index is 14.4. The molecule has 1 aliphatic rings. The normalized spacial score (nSPS) is 14.2. The molecule has 1 amide bonds. The van der Waals surface area contributed by atoms with Crippen LogP contribution in [0.4, 0.5) is 14.5 Å². The first-order valence-electron chi connectivity index (χ1n) is 8.40. The third kappa shape index (κ3) is 2.87. The first-order chi connectivity index (χ1) is 13.3. The smallest absolute Gasteiger partial charge is 0.337 e. The quantitative estimate of drug-likeness (QED) is 0.587. The van der Waals surface area contributed by atoms with Crippen LogP contribution in [0.25, 0.3) is 22.8 Å². The Kier molecular flexibility index (Phi) is 4.07. The molecule has 0 saturated carbocycles. The fourth-order valence-electron chi connectivity index (χ4n) is 3.37. The summed E-state index contributed by atoms with van der Waals surface area (Å²) in [6, 6.07) is 9.64. The summed E-state index contributed by atoms with van der Waals surface area (Å²) in [4.78, 5) is 26.9. The minimum absolute atomic E-state index is 0.0247. The van der Waals surface area contributed by atoms with E-state index in [1.54, 1.807) is 25.1 Å². The highest BCUT2D eigenvalue weighted by atomic mass is 19.1. The van der Waals surface area contributed by atoms with Crippen LogP contribution in [0.15, 0.2) is 42.5 Å². The predicted octanol–water partition coefficient (Wildman–Crippen LogP) is 4.46. The number of fused-ring (bicyclic) bond motifs is 1. The predicted molar refractivity (Wildman–Crippen MR) is 101 cm³/mol. The maximum absolute atomic E-state index is 14.4. The van der Waals surface area contributed by atoms with Gasteiger partial charge in [0.2, 0.25) is 0 Å². The lowest BCUT2D eigenvalue weighted by Crippen LogP contribution is -2.04. The summed E-state index contributed by atoms with van der Waals surface area (Å²) < 4.78 is 27.7. The average molecular weight is 380 g/mol. The Hall–Kier alpha value is -3.74. The van der Waals surface area contributed by atoms with Crippen LogP contribution in [-0.2, 0) is 4.79 Å². The van der Waals surface area contributed by atoms with E-state index in [0.29, 0.717) is 22.5 Å². The number of anilines is 1. The van der Waals surface area contributed by atoms with Gasteiger partial charge in [-0.2, -0.15) is 0 Å². The molecule has 3 aromatic rings. The molecule has 0 radical (unpaired) electrons. The number of hydrogen-bond acceptors (Lipinski definition) is 2. The minimum Gasteiger partial charge on any atom is -0.478 e. The zero-order chi connectivity index (χ0) is 20.0. The fourth-order valence-corrected chi connectivity index (χ4v) is 3.37. The van der Waals surface area contributed by atoms with Gasteiger partial charge >= 0.3 is 5.97 Å². The number of carboxylic acids is 1. The molecule has 2 heterocycles. The number of aromatic amines is 1. The van der Waals surface area contributed by atoms with Crippen molar-refractivity contribution in [1.82, 2.24) is 4.98 Å². The Labute approximate surface area is 158 Å². The largest absolute Gasteiger partial charge is 0.478 e. The number of carbonyl (C=O) groups is 2. The van der Waals surface area contributed by atoms with E-state index >= 15 is 0 Å². The summed E-state index contributed by atoms with van der Waals surface area (Å²) in [6.45, 7) is 1.70. The van der Waals surface area contributed by atoms with E-state index in [1.807, 2.05) is 0 Å². The van der Waals surface area contributed by atoms with Crippen molar-refractivity contribution in [3.05, 3.63) is 76.6 Å². The molecule has 140 valence electrons. The van der Waals surface area contributed by atoms with Gasteiger partial charge in [-0.1, -0.05) is 12.1 Å². The molecule has 0 saturated heterocycles. The van der Waals surface area contributed by atoms with Crippen LogP contribution in [0, 0.1) is 18.6 Å². The molecule has 0 spiro atoms. The summed E-state index contributed by atoms with van der Waals surface area (Å²) in [7, 11) is 0. The Morgan fingerprint density at radius 2 is 1.89 bits per heavy atom. The number of carbonyl (C=O) groups excluding carboxylic acids is 1. The van der Waals surface area contributed by atoms with E-state index in [-0.39, 0.29) is 22.4 Å². The van der Waals surface area contributed by atoms with Gasteiger partial charge in [-0.25, -0.2) is 13.6 Å². The molecule has 1 aliphatic heterocycles. The van der Waals surface area contributed by atoms with Gasteiger partial charge in [0, 0.05) is 28.6 Å². The second-order valence-electron chi connectivity index (χ2n) is 6.45. The van der Waals surface area contributed by atoms with Crippen LogP contribution in [0.3, 0.4) is 0 Å². The lowest BCUT2D eigenvalue weighted by Gasteiger charge is -2.10. The van der Waals surface area contributed by atoms with Gasteiger partial charge in [0.25, 0.3) is 5.91 Å². The van der Waals surface area contributed by atoms with E-state index in [9.17, 15) is 23.5 Å². The van der Waals surface area contributed by atoms with Gasteiger partial charge < -0.3 is 15.4 Å². The summed E-state index contributed by atoms with van der Waals surface area (Å²) in [5.74, 6) is -3.03. The van der Waals surface area contributed by atoms with Gasteiger partial charge in [-0.3, -0.25) is 4.79 Å². The minimum atomic E-state index is -1.13. The number of nitrogens with one attached hydrogen (secondary N) is 2. The van der Waals surface area contributed by atoms with E-state index in [0.717, 1.165) is 12.1 Å². The van der Waals surface area contributed by atoms with E-state index < -0.39 is 23.5 Å². The van der Waals surface area contributed by atoms with Crippen LogP contribution >= 0.6 is 0 Å². The summed E-state index contributed by atoms with van der Waals surface area (Å²) in [5, 5.41) is 12.1. The summed E-state index contributed by atoms with van der Waals surface area (Å²) in [5.41, 5.74) is 2.55. The van der Waals surface area contributed by atoms with Gasteiger partial charge in [-0.15, -0.1) is 0 Å². The van der Waals surface area contributed by atoms with Gasteiger partial charge in [-0.05, 0) is 42.8 Å². The number of hydrogen-bond donors (Lipinski definition) is 3. The van der Waals surface area contributed by atoms with E-state index in [2.05, 4.69) is 10.3 Å². The number of aromatic nitrogens is 1. The number of aryl methyl sites for hydroxylation is 1. The molecule has 28 heavy (non-hydrogen) atoms. The number of aromatic carboxylic acids is 1. The topological polar surface area (TPSA) is 82.2 Å². The van der Waals surface area contributed by atoms with Crippen molar-refractivity contribution in [2.75, 3.05) is 5.32 Å². The van der Waals surface area contributed by atoms with Crippen molar-refractivity contribution in [3.8, 4) is 11.1 Å². The van der Waals surface area contributed by atoms with Crippen molar-refractivity contribution in [2.24, 2.45) is 0 Å². The molecule has 7 heteroatoms. The second-order valence-corrected chi connectivity index (χ2v) is 6.45. The molecule has 2 aromatic carbocycles. The molecule has 1 aromatic heterocycles. The van der Waals surface area contributed by atoms with Crippen molar-refractivity contribution < 1.29 is 23.5 Å².